The molecule has 138 valence electrons. The minimum atomic E-state index is -1.07. The minimum absolute atomic E-state index is 0.0261. The van der Waals surface area contributed by atoms with Crippen LogP contribution in [0, 0.1) is 13.8 Å². The fourth-order valence-corrected chi connectivity index (χ4v) is 2.75. The van der Waals surface area contributed by atoms with E-state index in [0.29, 0.717) is 23.6 Å². The van der Waals surface area contributed by atoms with E-state index in [1.165, 1.54) is 4.90 Å². The molecule has 26 heavy (non-hydrogen) atoms. The van der Waals surface area contributed by atoms with Gasteiger partial charge in [0.05, 0.1) is 24.4 Å². The van der Waals surface area contributed by atoms with Crippen LogP contribution in [0.3, 0.4) is 0 Å². The van der Waals surface area contributed by atoms with Gasteiger partial charge in [0.15, 0.2) is 6.10 Å². The van der Waals surface area contributed by atoms with E-state index in [1.807, 2.05) is 13.8 Å². The van der Waals surface area contributed by atoms with Crippen molar-refractivity contribution in [3.05, 3.63) is 46.8 Å². The summed E-state index contributed by atoms with van der Waals surface area (Å²) in [6, 6.07) is 6.81. The maximum absolute atomic E-state index is 12.7. The highest BCUT2D eigenvalue weighted by Crippen LogP contribution is 2.20. The third-order valence-corrected chi connectivity index (χ3v) is 4.27. The van der Waals surface area contributed by atoms with Gasteiger partial charge in [-0.3, -0.25) is 4.79 Å². The number of aromatic nitrogens is 1. The van der Waals surface area contributed by atoms with Gasteiger partial charge >= 0.3 is 5.97 Å². The van der Waals surface area contributed by atoms with E-state index in [-0.39, 0.29) is 25.7 Å². The van der Waals surface area contributed by atoms with Gasteiger partial charge in [0.1, 0.15) is 18.1 Å². The molecule has 0 bridgehead atoms. The number of hydrogen-bond acceptors (Lipinski definition) is 6. The van der Waals surface area contributed by atoms with E-state index >= 15 is 0 Å². The van der Waals surface area contributed by atoms with E-state index in [9.17, 15) is 9.59 Å². The molecule has 1 aromatic heterocycles. The molecule has 8 heteroatoms. The predicted octanol–water partition coefficient (Wildman–Crippen LogP) is 1.80. The number of nitrogens with zero attached hydrogens (tertiary/aromatic N) is 2. The van der Waals surface area contributed by atoms with Gasteiger partial charge in [-0.15, -0.1) is 0 Å². The summed E-state index contributed by atoms with van der Waals surface area (Å²) in [6.07, 6.45) is -0.994. The molecule has 0 aliphatic carbocycles. The maximum atomic E-state index is 12.7. The Bertz CT molecular complexity index is 796. The average molecular weight is 360 g/mol. The monoisotopic (exact) mass is 360 g/mol. The van der Waals surface area contributed by atoms with E-state index in [4.69, 9.17) is 19.1 Å². The highest BCUT2D eigenvalue weighted by atomic mass is 16.5. The molecular formula is C18H20N2O6. The summed E-state index contributed by atoms with van der Waals surface area (Å²) in [5, 5.41) is 12.9. The molecule has 2 heterocycles. The number of amides is 1. The maximum Gasteiger partial charge on any atom is 0.334 e. The fraction of sp³-hybridized carbons (Fsp3) is 0.389. The van der Waals surface area contributed by atoms with E-state index in [0.717, 1.165) is 11.3 Å². The van der Waals surface area contributed by atoms with Crippen LogP contribution in [0.25, 0.3) is 0 Å². The van der Waals surface area contributed by atoms with Crippen LogP contribution >= 0.6 is 0 Å². The van der Waals surface area contributed by atoms with Crippen molar-refractivity contribution in [2.75, 3.05) is 19.7 Å². The van der Waals surface area contributed by atoms with Gasteiger partial charge in [0.25, 0.3) is 5.91 Å². The third kappa shape index (κ3) is 3.85. The minimum Gasteiger partial charge on any atom is -0.489 e. The number of carboxylic acid groups (broad SMARTS) is 1. The number of aliphatic carboxylic acids is 1. The molecular weight excluding hydrogens is 340 g/mol. The van der Waals surface area contributed by atoms with Crippen LogP contribution in [-0.4, -0.2) is 52.8 Å². The Balaban J connectivity index is 1.68. The molecule has 2 aromatic rings. The van der Waals surface area contributed by atoms with Gasteiger partial charge in [0, 0.05) is 12.1 Å². The number of aryl methyl sites for hydroxylation is 2. The summed E-state index contributed by atoms with van der Waals surface area (Å²) in [5.41, 5.74) is 2.08. The molecule has 0 spiro atoms. The summed E-state index contributed by atoms with van der Waals surface area (Å²) < 4.78 is 16.0. The lowest BCUT2D eigenvalue weighted by molar-refractivity contribution is -0.154. The Morgan fingerprint density at radius 3 is 2.88 bits per heavy atom. The summed E-state index contributed by atoms with van der Waals surface area (Å²) in [5.74, 6) is -0.0805. The van der Waals surface area contributed by atoms with Crippen LogP contribution in [0.15, 0.2) is 28.8 Å². The first-order valence-corrected chi connectivity index (χ1v) is 8.24. The second-order valence-corrected chi connectivity index (χ2v) is 6.07. The normalized spacial score (nSPS) is 17.2. The van der Waals surface area contributed by atoms with E-state index in [1.54, 1.807) is 24.3 Å². The van der Waals surface area contributed by atoms with Gasteiger partial charge < -0.3 is 24.0 Å². The topological polar surface area (TPSA) is 102 Å². The lowest BCUT2D eigenvalue weighted by Crippen LogP contribution is -2.48. The van der Waals surface area contributed by atoms with Crippen LogP contribution in [0.5, 0.6) is 5.75 Å². The summed E-state index contributed by atoms with van der Waals surface area (Å²) >= 11 is 0. The highest BCUT2D eigenvalue weighted by molar-refractivity contribution is 5.95. The average Bonchev–Trinajstić information content (AvgIpc) is 2.97. The molecule has 3 rings (SSSR count). The Labute approximate surface area is 150 Å². The largest absolute Gasteiger partial charge is 0.489 e. The lowest BCUT2D eigenvalue weighted by atomic mass is 10.1. The van der Waals surface area contributed by atoms with Crippen molar-refractivity contribution in [2.45, 2.75) is 26.6 Å². The van der Waals surface area contributed by atoms with Crippen molar-refractivity contribution in [1.29, 1.82) is 0 Å². The molecule has 1 N–H and O–H groups in total. The SMILES string of the molecule is Cc1noc(C)c1COc1cccc(C(=O)N2CCO[C@@H](C(=O)O)C2)c1. The van der Waals surface area contributed by atoms with Crippen molar-refractivity contribution in [2.24, 2.45) is 0 Å². The molecule has 1 amide bonds. The Morgan fingerprint density at radius 2 is 2.19 bits per heavy atom. The summed E-state index contributed by atoms with van der Waals surface area (Å²) in [7, 11) is 0. The molecule has 0 radical (unpaired) electrons. The zero-order valence-electron chi connectivity index (χ0n) is 14.6. The Hall–Kier alpha value is -2.87. The van der Waals surface area contributed by atoms with Gasteiger partial charge in [-0.05, 0) is 32.0 Å². The third-order valence-electron chi connectivity index (χ3n) is 4.27. The van der Waals surface area contributed by atoms with Crippen LogP contribution in [0.1, 0.15) is 27.4 Å². The molecule has 0 saturated carbocycles. The second kappa shape index (κ2) is 7.57. The van der Waals surface area contributed by atoms with Crippen molar-refractivity contribution in [3.8, 4) is 5.75 Å². The number of benzene rings is 1. The number of carbonyl (C=O) groups is 2. The smallest absolute Gasteiger partial charge is 0.334 e. The van der Waals surface area contributed by atoms with Gasteiger partial charge in [-0.1, -0.05) is 11.2 Å². The molecule has 1 atom stereocenters. The molecule has 1 aliphatic rings. The number of ether oxygens (including phenoxy) is 2. The van der Waals surface area contributed by atoms with Crippen LogP contribution in [0.4, 0.5) is 0 Å². The first-order chi connectivity index (χ1) is 12.5. The molecule has 1 saturated heterocycles. The first-order valence-electron chi connectivity index (χ1n) is 8.24. The van der Waals surface area contributed by atoms with Gasteiger partial charge in [0.2, 0.25) is 0 Å². The predicted molar refractivity (Wildman–Crippen MR) is 90.0 cm³/mol. The Kier molecular flexibility index (Phi) is 5.22. The number of rotatable bonds is 5. The standard InChI is InChI=1S/C18H20N2O6/c1-11-15(12(2)26-19-11)10-25-14-5-3-4-13(8-14)17(21)20-6-7-24-16(9-20)18(22)23/h3-5,8,16H,6-7,9-10H2,1-2H3,(H,22,23)/t16-/m1/s1. The quantitative estimate of drug-likeness (QED) is 0.867. The van der Waals surface area contributed by atoms with Crippen molar-refractivity contribution >= 4 is 11.9 Å². The van der Waals surface area contributed by atoms with Gasteiger partial charge in [-0.25, -0.2) is 4.79 Å². The highest BCUT2D eigenvalue weighted by Gasteiger charge is 2.29. The van der Waals surface area contributed by atoms with Gasteiger partial charge in [-0.2, -0.15) is 0 Å². The zero-order chi connectivity index (χ0) is 18.7. The second-order valence-electron chi connectivity index (χ2n) is 6.07. The van der Waals surface area contributed by atoms with Crippen molar-refractivity contribution in [3.63, 3.8) is 0 Å². The van der Waals surface area contributed by atoms with Crippen LogP contribution in [0.2, 0.25) is 0 Å². The van der Waals surface area contributed by atoms with Crippen LogP contribution < -0.4 is 4.74 Å². The van der Waals surface area contributed by atoms with E-state index in [2.05, 4.69) is 5.16 Å². The number of carbonyl (C=O) groups excluding carboxylic acids is 1. The number of hydrogen-bond donors (Lipinski definition) is 1. The summed E-state index contributed by atoms with van der Waals surface area (Å²) in [4.78, 5) is 25.2. The van der Waals surface area contributed by atoms with E-state index < -0.39 is 12.1 Å². The zero-order valence-corrected chi connectivity index (χ0v) is 14.6. The first kappa shape index (κ1) is 17.9. The molecule has 1 aromatic carbocycles. The van der Waals surface area contributed by atoms with Crippen LogP contribution in [-0.2, 0) is 16.1 Å². The summed E-state index contributed by atoms with van der Waals surface area (Å²) in [6.45, 7) is 4.52. The van der Waals surface area contributed by atoms with Crippen molar-refractivity contribution in [1.82, 2.24) is 10.1 Å². The molecule has 0 unspecified atom stereocenters. The number of carboxylic acids is 1. The molecule has 1 aliphatic heterocycles. The lowest BCUT2D eigenvalue weighted by Gasteiger charge is -2.31. The van der Waals surface area contributed by atoms with Crippen molar-refractivity contribution < 1.29 is 28.7 Å². The number of morpholine rings is 1. The Morgan fingerprint density at radius 1 is 1.38 bits per heavy atom. The molecule has 1 fully saturated rings. The fourth-order valence-electron chi connectivity index (χ4n) is 2.75. The molecule has 8 nitrogen and oxygen atoms in total.